The third-order valence-electron chi connectivity index (χ3n) is 3.74. The van der Waals surface area contributed by atoms with Crippen LogP contribution in [-0.4, -0.2) is 23.3 Å². The van der Waals surface area contributed by atoms with Gasteiger partial charge in [-0.1, -0.05) is 34.1 Å². The normalized spacial score (nSPS) is 22.4. The molecule has 5 heteroatoms. The van der Waals surface area contributed by atoms with Crippen molar-refractivity contribution in [2.75, 3.05) is 0 Å². The molecule has 4 nitrogen and oxygen atoms in total. The van der Waals surface area contributed by atoms with Gasteiger partial charge in [0.05, 0.1) is 6.10 Å². The van der Waals surface area contributed by atoms with Gasteiger partial charge in [0.1, 0.15) is 0 Å². The minimum absolute atomic E-state index is 0.139. The van der Waals surface area contributed by atoms with Gasteiger partial charge in [0, 0.05) is 17.1 Å². The molecule has 0 aliphatic heterocycles. The maximum Gasteiger partial charge on any atom is 0.315 e. The predicted molar refractivity (Wildman–Crippen MR) is 82.5 cm³/mol. The highest BCUT2D eigenvalue weighted by atomic mass is 79.9. The number of amides is 2. The molecule has 0 aromatic heterocycles. The van der Waals surface area contributed by atoms with E-state index in [1.807, 2.05) is 25.1 Å². The second-order valence-corrected chi connectivity index (χ2v) is 6.17. The molecule has 3 N–H and O–H groups in total. The first-order chi connectivity index (χ1) is 9.56. The fourth-order valence-electron chi connectivity index (χ4n) is 2.48. The topological polar surface area (TPSA) is 61.4 Å². The SMILES string of the molecule is Cc1cccc(CNC(=O)NC2CCC(O)CC2)c1Br. The number of carbonyl (C=O) groups excluding carboxylic acids is 1. The molecule has 0 atom stereocenters. The number of aliphatic hydroxyl groups is 1. The molecule has 1 aromatic carbocycles. The second-order valence-electron chi connectivity index (χ2n) is 5.38. The minimum atomic E-state index is -0.195. The van der Waals surface area contributed by atoms with Crippen LogP contribution in [0.15, 0.2) is 22.7 Å². The Bertz CT molecular complexity index is 471. The number of hydrogen-bond acceptors (Lipinski definition) is 2. The average Bonchev–Trinajstić information content (AvgIpc) is 2.43. The fourth-order valence-corrected chi connectivity index (χ4v) is 2.88. The van der Waals surface area contributed by atoms with E-state index < -0.39 is 0 Å². The summed E-state index contributed by atoms with van der Waals surface area (Å²) in [5.41, 5.74) is 2.23. The lowest BCUT2D eigenvalue weighted by molar-refractivity contribution is 0.117. The summed E-state index contributed by atoms with van der Waals surface area (Å²) in [6.07, 6.45) is 3.05. The van der Waals surface area contributed by atoms with E-state index in [0.717, 1.165) is 41.3 Å². The summed E-state index contributed by atoms with van der Waals surface area (Å²) in [6.45, 7) is 2.53. The number of carbonyl (C=O) groups is 1. The van der Waals surface area contributed by atoms with Gasteiger partial charge in [-0.25, -0.2) is 4.79 Å². The van der Waals surface area contributed by atoms with Crippen molar-refractivity contribution in [1.82, 2.24) is 10.6 Å². The highest BCUT2D eigenvalue weighted by Gasteiger charge is 2.20. The molecule has 1 aliphatic rings. The van der Waals surface area contributed by atoms with Crippen LogP contribution in [0.1, 0.15) is 36.8 Å². The second kappa shape index (κ2) is 7.09. The van der Waals surface area contributed by atoms with Gasteiger partial charge in [0.25, 0.3) is 0 Å². The van der Waals surface area contributed by atoms with Crippen LogP contribution < -0.4 is 10.6 Å². The molecule has 0 radical (unpaired) electrons. The molecule has 20 heavy (non-hydrogen) atoms. The standard InChI is InChI=1S/C15H21BrN2O2/c1-10-3-2-4-11(14(10)16)9-17-15(20)18-12-5-7-13(19)8-6-12/h2-4,12-13,19H,5-9H2,1H3,(H2,17,18,20). The molecule has 110 valence electrons. The first-order valence-electron chi connectivity index (χ1n) is 7.02. The summed E-state index contributed by atoms with van der Waals surface area (Å²) in [6, 6.07) is 6.05. The van der Waals surface area contributed by atoms with Gasteiger partial charge >= 0.3 is 6.03 Å². The maximum absolute atomic E-state index is 11.9. The van der Waals surface area contributed by atoms with E-state index in [0.29, 0.717) is 6.54 Å². The van der Waals surface area contributed by atoms with Crippen LogP contribution in [0.2, 0.25) is 0 Å². The zero-order valence-corrected chi connectivity index (χ0v) is 13.2. The van der Waals surface area contributed by atoms with Crippen LogP contribution in [-0.2, 0) is 6.54 Å². The molecule has 1 aliphatic carbocycles. The van der Waals surface area contributed by atoms with E-state index in [4.69, 9.17) is 0 Å². The van der Waals surface area contributed by atoms with Crippen LogP contribution in [0.3, 0.4) is 0 Å². The molecular weight excluding hydrogens is 320 g/mol. The molecule has 1 fully saturated rings. The molecule has 2 amide bonds. The van der Waals surface area contributed by atoms with Crippen LogP contribution in [0.5, 0.6) is 0 Å². The Hall–Kier alpha value is -1.07. The van der Waals surface area contributed by atoms with Crippen LogP contribution in [0.4, 0.5) is 4.79 Å². The Morgan fingerprint density at radius 2 is 2.05 bits per heavy atom. The van der Waals surface area contributed by atoms with Crippen LogP contribution in [0.25, 0.3) is 0 Å². The van der Waals surface area contributed by atoms with Crippen molar-refractivity contribution in [2.45, 2.75) is 51.3 Å². The fraction of sp³-hybridized carbons (Fsp3) is 0.533. The van der Waals surface area contributed by atoms with Crippen LogP contribution in [0, 0.1) is 6.92 Å². The quantitative estimate of drug-likeness (QED) is 0.792. The number of aliphatic hydroxyl groups excluding tert-OH is 1. The van der Waals surface area contributed by atoms with Gasteiger partial charge in [-0.15, -0.1) is 0 Å². The van der Waals surface area contributed by atoms with Gasteiger partial charge in [0.15, 0.2) is 0 Å². The number of benzene rings is 1. The highest BCUT2D eigenvalue weighted by molar-refractivity contribution is 9.10. The minimum Gasteiger partial charge on any atom is -0.393 e. The van der Waals surface area contributed by atoms with E-state index >= 15 is 0 Å². The Labute approximate surface area is 128 Å². The maximum atomic E-state index is 11.9. The summed E-state index contributed by atoms with van der Waals surface area (Å²) in [5.74, 6) is 0. The van der Waals surface area contributed by atoms with Crippen molar-refractivity contribution in [3.8, 4) is 0 Å². The predicted octanol–water partition coefficient (Wildman–Crippen LogP) is 2.86. The van der Waals surface area contributed by atoms with Crippen molar-refractivity contribution in [3.63, 3.8) is 0 Å². The van der Waals surface area contributed by atoms with Crippen molar-refractivity contribution in [3.05, 3.63) is 33.8 Å². The van der Waals surface area contributed by atoms with Gasteiger partial charge < -0.3 is 15.7 Å². The largest absolute Gasteiger partial charge is 0.393 e. The summed E-state index contributed by atoms with van der Waals surface area (Å²) < 4.78 is 1.04. The van der Waals surface area contributed by atoms with E-state index in [9.17, 15) is 9.90 Å². The molecule has 0 saturated heterocycles. The first-order valence-corrected chi connectivity index (χ1v) is 7.82. The highest BCUT2D eigenvalue weighted by Crippen LogP contribution is 2.21. The first kappa shape index (κ1) is 15.3. The smallest absolute Gasteiger partial charge is 0.315 e. The molecular formula is C15H21BrN2O2. The van der Waals surface area contributed by atoms with Gasteiger partial charge in [-0.2, -0.15) is 0 Å². The van der Waals surface area contributed by atoms with E-state index in [2.05, 4.69) is 26.6 Å². The number of rotatable bonds is 3. The summed E-state index contributed by atoms with van der Waals surface area (Å²) >= 11 is 3.54. The Morgan fingerprint density at radius 1 is 1.35 bits per heavy atom. The lowest BCUT2D eigenvalue weighted by atomic mass is 9.93. The summed E-state index contributed by atoms with van der Waals surface area (Å²) in [4.78, 5) is 11.9. The summed E-state index contributed by atoms with van der Waals surface area (Å²) in [7, 11) is 0. The van der Waals surface area contributed by atoms with Gasteiger partial charge in [0.2, 0.25) is 0 Å². The third-order valence-corrected chi connectivity index (χ3v) is 4.88. The van der Waals surface area contributed by atoms with Gasteiger partial charge in [-0.05, 0) is 43.7 Å². The molecule has 2 rings (SSSR count). The molecule has 1 saturated carbocycles. The molecule has 1 aromatic rings. The number of hydrogen-bond donors (Lipinski definition) is 3. The number of aryl methyl sites for hydroxylation is 1. The van der Waals surface area contributed by atoms with Crippen molar-refractivity contribution in [2.24, 2.45) is 0 Å². The Kier molecular flexibility index (Phi) is 5.43. The van der Waals surface area contributed by atoms with E-state index in [1.54, 1.807) is 0 Å². The van der Waals surface area contributed by atoms with Crippen molar-refractivity contribution < 1.29 is 9.90 Å². The van der Waals surface area contributed by atoms with E-state index in [1.165, 1.54) is 0 Å². The Balaban J connectivity index is 1.79. The average molecular weight is 341 g/mol. The molecule has 0 heterocycles. The third kappa shape index (κ3) is 4.21. The van der Waals surface area contributed by atoms with Crippen LogP contribution >= 0.6 is 15.9 Å². The summed E-state index contributed by atoms with van der Waals surface area (Å²) in [5, 5.41) is 15.3. The van der Waals surface area contributed by atoms with E-state index in [-0.39, 0.29) is 18.2 Å². The number of urea groups is 1. The molecule has 0 unspecified atom stereocenters. The zero-order chi connectivity index (χ0) is 14.5. The lowest BCUT2D eigenvalue weighted by Crippen LogP contribution is -2.43. The monoisotopic (exact) mass is 340 g/mol. The number of nitrogens with one attached hydrogen (secondary N) is 2. The number of halogens is 1. The van der Waals surface area contributed by atoms with Gasteiger partial charge in [-0.3, -0.25) is 0 Å². The molecule has 0 bridgehead atoms. The van der Waals surface area contributed by atoms with Crippen molar-refractivity contribution in [1.29, 1.82) is 0 Å². The lowest BCUT2D eigenvalue weighted by Gasteiger charge is -2.26. The zero-order valence-electron chi connectivity index (χ0n) is 11.7. The molecule has 0 spiro atoms. The Morgan fingerprint density at radius 3 is 2.75 bits per heavy atom. The van der Waals surface area contributed by atoms with Crippen molar-refractivity contribution >= 4 is 22.0 Å².